The monoisotopic (exact) mass is 286 g/mol. The molecule has 6 nitrogen and oxygen atoms in total. The number of ether oxygens (including phenoxy) is 1. The molecule has 6 heteroatoms. The maximum absolute atomic E-state index is 12.2. The number of hydrogen-bond donors (Lipinski definition) is 2. The smallest absolute Gasteiger partial charge is 0.337 e. The molecule has 0 bridgehead atoms. The number of methoxy groups -OCH3 is 1. The SMILES string of the molecule is COc1ccc(C(=O)O)c(NC(=O)c2cncc(C)c2)c1. The second-order valence-electron chi connectivity index (χ2n) is 4.42. The number of anilines is 1. The van der Waals surface area contributed by atoms with Gasteiger partial charge in [-0.2, -0.15) is 0 Å². The van der Waals surface area contributed by atoms with Crippen LogP contribution in [0.1, 0.15) is 26.3 Å². The molecule has 108 valence electrons. The second kappa shape index (κ2) is 6.04. The number of carbonyl (C=O) groups is 2. The summed E-state index contributed by atoms with van der Waals surface area (Å²) in [6.45, 7) is 1.82. The number of carboxylic acid groups (broad SMARTS) is 1. The average Bonchev–Trinajstić information content (AvgIpc) is 2.46. The first kappa shape index (κ1) is 14.5. The van der Waals surface area contributed by atoms with Gasteiger partial charge in [-0.3, -0.25) is 9.78 Å². The van der Waals surface area contributed by atoms with E-state index in [9.17, 15) is 9.59 Å². The molecule has 21 heavy (non-hydrogen) atoms. The van der Waals surface area contributed by atoms with Crippen LogP contribution in [0, 0.1) is 6.92 Å². The summed E-state index contributed by atoms with van der Waals surface area (Å²) in [4.78, 5) is 27.3. The van der Waals surface area contributed by atoms with Gasteiger partial charge < -0.3 is 15.2 Å². The van der Waals surface area contributed by atoms with Crippen LogP contribution in [0.5, 0.6) is 5.75 Å². The fourth-order valence-electron chi connectivity index (χ4n) is 1.81. The Morgan fingerprint density at radius 2 is 2.00 bits per heavy atom. The molecule has 0 fully saturated rings. The zero-order valence-electron chi connectivity index (χ0n) is 11.6. The lowest BCUT2D eigenvalue weighted by molar-refractivity contribution is 0.0698. The number of aryl methyl sites for hydroxylation is 1. The Balaban J connectivity index is 2.33. The summed E-state index contributed by atoms with van der Waals surface area (Å²) in [6, 6.07) is 6.03. The van der Waals surface area contributed by atoms with Gasteiger partial charge in [-0.25, -0.2) is 4.79 Å². The fraction of sp³-hybridized carbons (Fsp3) is 0.133. The molecule has 0 aliphatic rings. The van der Waals surface area contributed by atoms with E-state index in [2.05, 4.69) is 10.3 Å². The zero-order chi connectivity index (χ0) is 15.4. The fourth-order valence-corrected chi connectivity index (χ4v) is 1.81. The van der Waals surface area contributed by atoms with E-state index in [0.29, 0.717) is 11.3 Å². The number of aromatic carboxylic acids is 1. The Labute approximate surface area is 121 Å². The van der Waals surface area contributed by atoms with Crippen LogP contribution in [0.3, 0.4) is 0 Å². The molecule has 0 unspecified atom stereocenters. The third kappa shape index (κ3) is 3.36. The van der Waals surface area contributed by atoms with E-state index >= 15 is 0 Å². The first-order chi connectivity index (χ1) is 10.0. The van der Waals surface area contributed by atoms with Gasteiger partial charge in [0, 0.05) is 18.5 Å². The van der Waals surface area contributed by atoms with E-state index in [1.165, 1.54) is 31.5 Å². The topological polar surface area (TPSA) is 88.5 Å². The van der Waals surface area contributed by atoms with E-state index in [1.54, 1.807) is 12.3 Å². The van der Waals surface area contributed by atoms with Gasteiger partial charge in [0.05, 0.1) is 23.9 Å². The molecule has 0 aliphatic carbocycles. The molecule has 1 heterocycles. The van der Waals surface area contributed by atoms with Crippen LogP contribution in [0.4, 0.5) is 5.69 Å². The van der Waals surface area contributed by atoms with Crippen LogP contribution in [-0.2, 0) is 0 Å². The molecule has 0 atom stereocenters. The van der Waals surface area contributed by atoms with Crippen molar-refractivity contribution in [3.05, 3.63) is 53.3 Å². The molecular formula is C15H14N2O4. The summed E-state index contributed by atoms with van der Waals surface area (Å²) in [7, 11) is 1.46. The number of nitrogens with zero attached hydrogens (tertiary/aromatic N) is 1. The third-order valence-electron chi connectivity index (χ3n) is 2.84. The zero-order valence-corrected chi connectivity index (χ0v) is 11.6. The normalized spacial score (nSPS) is 10.0. The van der Waals surface area contributed by atoms with Crippen molar-refractivity contribution in [1.29, 1.82) is 0 Å². The molecule has 0 radical (unpaired) electrons. The molecule has 1 aromatic carbocycles. The molecule has 0 aliphatic heterocycles. The minimum atomic E-state index is -1.13. The van der Waals surface area contributed by atoms with Crippen LogP contribution in [0.15, 0.2) is 36.7 Å². The van der Waals surface area contributed by atoms with Crippen molar-refractivity contribution in [2.24, 2.45) is 0 Å². The Hall–Kier alpha value is -2.89. The summed E-state index contributed by atoms with van der Waals surface area (Å²) in [6.07, 6.45) is 3.05. The molecule has 1 amide bonds. The van der Waals surface area contributed by atoms with Gasteiger partial charge in [0.1, 0.15) is 5.75 Å². The number of rotatable bonds is 4. The van der Waals surface area contributed by atoms with E-state index in [-0.39, 0.29) is 11.3 Å². The summed E-state index contributed by atoms with van der Waals surface area (Å²) >= 11 is 0. The van der Waals surface area contributed by atoms with Crippen LogP contribution < -0.4 is 10.1 Å². The predicted molar refractivity (Wildman–Crippen MR) is 76.9 cm³/mol. The number of hydrogen-bond acceptors (Lipinski definition) is 4. The van der Waals surface area contributed by atoms with Gasteiger partial charge in [0.2, 0.25) is 0 Å². The van der Waals surface area contributed by atoms with Crippen molar-refractivity contribution >= 4 is 17.6 Å². The average molecular weight is 286 g/mol. The highest BCUT2D eigenvalue weighted by Gasteiger charge is 2.15. The first-order valence-electron chi connectivity index (χ1n) is 6.15. The summed E-state index contributed by atoms with van der Waals surface area (Å²) in [5.74, 6) is -1.10. The van der Waals surface area contributed by atoms with Gasteiger partial charge in [0.15, 0.2) is 0 Å². The molecule has 0 spiro atoms. The van der Waals surface area contributed by atoms with Gasteiger partial charge >= 0.3 is 5.97 Å². The van der Waals surface area contributed by atoms with Crippen molar-refractivity contribution in [1.82, 2.24) is 4.98 Å². The van der Waals surface area contributed by atoms with Crippen molar-refractivity contribution < 1.29 is 19.4 Å². The van der Waals surface area contributed by atoms with E-state index in [0.717, 1.165) is 5.56 Å². The highest BCUT2D eigenvalue weighted by Crippen LogP contribution is 2.23. The number of nitrogens with one attached hydrogen (secondary N) is 1. The highest BCUT2D eigenvalue weighted by atomic mass is 16.5. The number of aromatic nitrogens is 1. The molecule has 1 aromatic heterocycles. The third-order valence-corrected chi connectivity index (χ3v) is 2.84. The molecule has 2 N–H and O–H groups in total. The predicted octanol–water partition coefficient (Wildman–Crippen LogP) is 2.35. The summed E-state index contributed by atoms with van der Waals surface area (Å²) in [5.41, 5.74) is 1.36. The minimum absolute atomic E-state index is 0.00948. The van der Waals surface area contributed by atoms with Gasteiger partial charge in [-0.15, -0.1) is 0 Å². The van der Waals surface area contributed by atoms with Crippen LogP contribution in [0.2, 0.25) is 0 Å². The van der Waals surface area contributed by atoms with Crippen LogP contribution in [0.25, 0.3) is 0 Å². The van der Waals surface area contributed by atoms with E-state index < -0.39 is 11.9 Å². The Morgan fingerprint density at radius 3 is 2.62 bits per heavy atom. The molecule has 2 aromatic rings. The summed E-state index contributed by atoms with van der Waals surface area (Å²) < 4.78 is 5.04. The Morgan fingerprint density at radius 1 is 1.24 bits per heavy atom. The van der Waals surface area contributed by atoms with Crippen molar-refractivity contribution in [2.45, 2.75) is 6.92 Å². The van der Waals surface area contributed by atoms with Gasteiger partial charge in [0.25, 0.3) is 5.91 Å². The number of carbonyl (C=O) groups excluding carboxylic acids is 1. The minimum Gasteiger partial charge on any atom is -0.497 e. The van der Waals surface area contributed by atoms with E-state index in [4.69, 9.17) is 9.84 Å². The Bertz CT molecular complexity index is 698. The number of pyridine rings is 1. The largest absolute Gasteiger partial charge is 0.497 e. The molecular weight excluding hydrogens is 272 g/mol. The number of carboxylic acids is 1. The van der Waals surface area contributed by atoms with Crippen LogP contribution >= 0.6 is 0 Å². The van der Waals surface area contributed by atoms with Crippen LogP contribution in [-0.4, -0.2) is 29.1 Å². The number of amides is 1. The lowest BCUT2D eigenvalue weighted by atomic mass is 10.1. The van der Waals surface area contributed by atoms with Crippen molar-refractivity contribution in [2.75, 3.05) is 12.4 Å². The quantitative estimate of drug-likeness (QED) is 0.900. The van der Waals surface area contributed by atoms with E-state index in [1.807, 2.05) is 6.92 Å². The summed E-state index contributed by atoms with van der Waals surface area (Å²) in [5, 5.41) is 11.7. The number of benzene rings is 1. The molecule has 2 rings (SSSR count). The maximum Gasteiger partial charge on any atom is 0.337 e. The standard InChI is InChI=1S/C15H14N2O4/c1-9-5-10(8-16-7-9)14(18)17-13-6-11(21-2)3-4-12(13)15(19)20/h3-8H,1-2H3,(H,17,18)(H,19,20). The Kier molecular flexibility index (Phi) is 4.18. The molecule has 0 saturated heterocycles. The first-order valence-corrected chi connectivity index (χ1v) is 6.15. The molecule has 0 saturated carbocycles. The lowest BCUT2D eigenvalue weighted by Gasteiger charge is -2.10. The maximum atomic E-state index is 12.2. The lowest BCUT2D eigenvalue weighted by Crippen LogP contribution is -2.15. The second-order valence-corrected chi connectivity index (χ2v) is 4.42. The van der Waals surface area contributed by atoms with Crippen molar-refractivity contribution in [3.63, 3.8) is 0 Å². The van der Waals surface area contributed by atoms with Gasteiger partial charge in [-0.1, -0.05) is 0 Å². The highest BCUT2D eigenvalue weighted by molar-refractivity contribution is 6.07. The van der Waals surface area contributed by atoms with Crippen molar-refractivity contribution in [3.8, 4) is 5.75 Å². The van der Waals surface area contributed by atoms with Gasteiger partial charge in [-0.05, 0) is 30.7 Å².